The first-order valence-electron chi connectivity index (χ1n) is 9.46. The zero-order chi connectivity index (χ0) is 21.8. The second kappa shape index (κ2) is 8.81. The molecule has 0 aliphatic carbocycles. The highest BCUT2D eigenvalue weighted by molar-refractivity contribution is 7.10. The summed E-state index contributed by atoms with van der Waals surface area (Å²) in [5.74, 6) is 0.562. The van der Waals surface area contributed by atoms with Crippen molar-refractivity contribution in [2.45, 2.75) is 0 Å². The Bertz CT molecular complexity index is 1150. The summed E-state index contributed by atoms with van der Waals surface area (Å²) in [4.78, 5) is 31.8. The maximum atomic E-state index is 12.7. The third-order valence-electron chi connectivity index (χ3n) is 4.84. The third-order valence-corrected chi connectivity index (χ3v) is 5.68. The molecule has 0 radical (unpaired) electrons. The summed E-state index contributed by atoms with van der Waals surface area (Å²) in [7, 11) is 0. The van der Waals surface area contributed by atoms with Crippen LogP contribution in [0.1, 0.15) is 26.8 Å². The predicted molar refractivity (Wildman–Crippen MR) is 116 cm³/mol. The first-order valence-corrected chi connectivity index (χ1v) is 10.3. The largest absolute Gasteiger partial charge is 0.420 e. The number of anilines is 1. The Morgan fingerprint density at radius 3 is 2.55 bits per heavy atom. The van der Waals surface area contributed by atoms with Crippen molar-refractivity contribution in [3.05, 3.63) is 73.9 Å². The van der Waals surface area contributed by atoms with Crippen molar-refractivity contribution in [2.24, 2.45) is 0 Å². The molecule has 2 aromatic heterocycles. The van der Waals surface area contributed by atoms with Gasteiger partial charge in [-0.3, -0.25) is 14.9 Å². The molecular weight excluding hydrogens is 418 g/mol. The van der Waals surface area contributed by atoms with Gasteiger partial charge in [0.2, 0.25) is 17.5 Å². The number of non-ortho nitro benzene ring substituents is 1. The van der Waals surface area contributed by atoms with Crippen LogP contribution in [0.25, 0.3) is 12.2 Å². The summed E-state index contributed by atoms with van der Waals surface area (Å²) in [6, 6.07) is 11.6. The zero-order valence-electron chi connectivity index (χ0n) is 16.3. The molecule has 0 bridgehead atoms. The van der Waals surface area contributed by atoms with E-state index in [4.69, 9.17) is 4.42 Å². The minimum absolute atomic E-state index is 0.0559. The van der Waals surface area contributed by atoms with Crippen LogP contribution in [0.2, 0.25) is 0 Å². The van der Waals surface area contributed by atoms with Crippen LogP contribution in [-0.4, -0.2) is 46.9 Å². The van der Waals surface area contributed by atoms with Crippen LogP contribution in [0, 0.1) is 21.4 Å². The number of nitro benzene ring substituents is 1. The van der Waals surface area contributed by atoms with Crippen LogP contribution >= 0.6 is 11.3 Å². The molecule has 1 aromatic carbocycles. The van der Waals surface area contributed by atoms with Crippen LogP contribution in [0.4, 0.5) is 11.6 Å². The first-order chi connectivity index (χ1) is 15.0. The van der Waals surface area contributed by atoms with Crippen LogP contribution in [-0.2, 0) is 0 Å². The predicted octanol–water partition coefficient (Wildman–Crippen LogP) is 3.65. The number of nitriles is 1. The molecule has 0 spiro atoms. The van der Waals surface area contributed by atoms with E-state index in [0.29, 0.717) is 43.5 Å². The van der Waals surface area contributed by atoms with Gasteiger partial charge in [-0.05, 0) is 29.7 Å². The molecule has 9 nitrogen and oxygen atoms in total. The summed E-state index contributed by atoms with van der Waals surface area (Å²) >= 11 is 1.59. The van der Waals surface area contributed by atoms with Crippen molar-refractivity contribution in [3.8, 4) is 6.07 Å². The lowest BCUT2D eigenvalue weighted by Gasteiger charge is -2.34. The molecular formula is C21H17N5O4S. The van der Waals surface area contributed by atoms with Crippen molar-refractivity contribution in [1.82, 2.24) is 9.88 Å². The van der Waals surface area contributed by atoms with Crippen molar-refractivity contribution < 1.29 is 14.1 Å². The van der Waals surface area contributed by atoms with E-state index < -0.39 is 4.92 Å². The molecule has 0 unspecified atom stereocenters. The lowest BCUT2D eigenvalue weighted by Crippen LogP contribution is -2.48. The average molecular weight is 435 g/mol. The summed E-state index contributed by atoms with van der Waals surface area (Å²) in [6.07, 6.45) is 3.60. The fourth-order valence-corrected chi connectivity index (χ4v) is 3.87. The summed E-state index contributed by atoms with van der Waals surface area (Å²) in [5.41, 5.74) is 0.554. The Hall–Kier alpha value is -3.97. The number of hydrogen-bond acceptors (Lipinski definition) is 8. The third kappa shape index (κ3) is 4.46. The van der Waals surface area contributed by atoms with Gasteiger partial charge in [-0.2, -0.15) is 10.2 Å². The van der Waals surface area contributed by atoms with Crippen LogP contribution in [0.3, 0.4) is 0 Å². The number of aromatic nitrogens is 1. The molecule has 1 fully saturated rings. The van der Waals surface area contributed by atoms with Gasteiger partial charge >= 0.3 is 0 Å². The molecule has 10 heteroatoms. The maximum Gasteiger partial charge on any atom is 0.269 e. The standard InChI is InChI=1S/C21H17N5O4S/c22-14-18-21(30-19(23-18)8-7-17-2-1-13-31-17)25-11-9-24(10-12-25)20(27)15-3-5-16(6-4-15)26(28)29/h1-8,13H,9-12H2/b8-7+. The van der Waals surface area contributed by atoms with Gasteiger partial charge in [-0.15, -0.1) is 11.3 Å². The number of amides is 1. The van der Waals surface area contributed by atoms with Gasteiger partial charge in [-0.1, -0.05) is 6.07 Å². The molecule has 3 aromatic rings. The van der Waals surface area contributed by atoms with E-state index in [-0.39, 0.29) is 17.3 Å². The normalized spacial score (nSPS) is 14.0. The van der Waals surface area contributed by atoms with Crippen LogP contribution in [0.5, 0.6) is 0 Å². The highest BCUT2D eigenvalue weighted by Crippen LogP contribution is 2.25. The number of benzene rings is 1. The minimum atomic E-state index is -0.499. The molecule has 1 amide bonds. The monoisotopic (exact) mass is 435 g/mol. The molecule has 156 valence electrons. The number of thiophene rings is 1. The summed E-state index contributed by atoms with van der Waals surface area (Å²) in [6.45, 7) is 1.83. The lowest BCUT2D eigenvalue weighted by molar-refractivity contribution is -0.384. The molecule has 0 atom stereocenters. The highest BCUT2D eigenvalue weighted by atomic mass is 32.1. The Kier molecular flexibility index (Phi) is 5.77. The van der Waals surface area contributed by atoms with Crippen molar-refractivity contribution in [2.75, 3.05) is 31.1 Å². The van der Waals surface area contributed by atoms with E-state index in [1.54, 1.807) is 22.3 Å². The second-order valence-corrected chi connectivity index (χ2v) is 7.73. The smallest absolute Gasteiger partial charge is 0.269 e. The molecule has 0 saturated carbocycles. The second-order valence-electron chi connectivity index (χ2n) is 6.75. The SMILES string of the molecule is N#Cc1nc(/C=C/c2cccs2)oc1N1CCN(C(=O)c2ccc([N+](=O)[O-])cc2)CC1. The highest BCUT2D eigenvalue weighted by Gasteiger charge is 2.26. The van der Waals surface area contributed by atoms with E-state index in [2.05, 4.69) is 11.1 Å². The van der Waals surface area contributed by atoms with Gasteiger partial charge in [0.25, 0.3) is 11.6 Å². The number of carbonyl (C=O) groups excluding carboxylic acids is 1. The molecule has 1 aliphatic heterocycles. The lowest BCUT2D eigenvalue weighted by atomic mass is 10.1. The van der Waals surface area contributed by atoms with Crippen LogP contribution in [0.15, 0.2) is 46.2 Å². The Morgan fingerprint density at radius 2 is 1.94 bits per heavy atom. The van der Waals surface area contributed by atoms with Gasteiger partial charge in [0.1, 0.15) is 6.07 Å². The van der Waals surface area contributed by atoms with Gasteiger partial charge < -0.3 is 14.2 Å². The van der Waals surface area contributed by atoms with Crippen molar-refractivity contribution in [1.29, 1.82) is 5.26 Å². The fraction of sp³-hybridized carbons (Fsp3) is 0.190. The van der Waals surface area contributed by atoms with E-state index in [9.17, 15) is 20.2 Å². The number of piperazine rings is 1. The number of rotatable bonds is 5. The van der Waals surface area contributed by atoms with E-state index >= 15 is 0 Å². The number of oxazole rings is 1. The van der Waals surface area contributed by atoms with E-state index in [1.165, 1.54) is 24.3 Å². The number of hydrogen-bond donors (Lipinski definition) is 0. The van der Waals surface area contributed by atoms with E-state index in [1.807, 2.05) is 28.5 Å². The zero-order valence-corrected chi connectivity index (χ0v) is 17.1. The summed E-state index contributed by atoms with van der Waals surface area (Å²) in [5, 5.41) is 22.2. The molecule has 4 rings (SSSR count). The molecule has 3 heterocycles. The summed E-state index contributed by atoms with van der Waals surface area (Å²) < 4.78 is 5.80. The topological polar surface area (TPSA) is 117 Å². The number of carbonyl (C=O) groups is 1. The number of nitrogens with zero attached hydrogens (tertiary/aromatic N) is 5. The van der Waals surface area contributed by atoms with Gasteiger partial charge in [-0.25, -0.2) is 0 Å². The Morgan fingerprint density at radius 1 is 1.19 bits per heavy atom. The molecule has 1 aliphatic rings. The van der Waals surface area contributed by atoms with Gasteiger partial charge in [0.15, 0.2) is 0 Å². The average Bonchev–Trinajstić information content (AvgIpc) is 3.47. The fourth-order valence-electron chi connectivity index (χ4n) is 3.25. The number of nitro groups is 1. The Labute approximate surface area is 181 Å². The first kappa shape index (κ1) is 20.3. The maximum absolute atomic E-state index is 12.7. The van der Waals surface area contributed by atoms with Gasteiger partial charge in [0, 0.05) is 54.8 Å². The van der Waals surface area contributed by atoms with Crippen molar-refractivity contribution in [3.63, 3.8) is 0 Å². The molecule has 0 N–H and O–H groups in total. The van der Waals surface area contributed by atoms with Crippen molar-refractivity contribution >= 4 is 41.0 Å². The quantitative estimate of drug-likeness (QED) is 0.443. The minimum Gasteiger partial charge on any atom is -0.420 e. The van der Waals surface area contributed by atoms with E-state index in [0.717, 1.165) is 4.88 Å². The Balaban J connectivity index is 1.42. The van der Waals surface area contributed by atoms with Crippen LogP contribution < -0.4 is 4.90 Å². The van der Waals surface area contributed by atoms with Gasteiger partial charge in [0.05, 0.1) is 4.92 Å². The molecule has 1 saturated heterocycles. The molecule has 31 heavy (non-hydrogen) atoms.